The Morgan fingerprint density at radius 2 is 2.25 bits per heavy atom. The molecule has 0 aliphatic rings. The van der Waals surface area contributed by atoms with Crippen LogP contribution in [-0.4, -0.2) is 4.98 Å². The van der Waals surface area contributed by atoms with E-state index in [1.807, 2.05) is 19.9 Å². The van der Waals surface area contributed by atoms with Crippen LogP contribution >= 0.6 is 11.6 Å². The van der Waals surface area contributed by atoms with Crippen LogP contribution in [0.25, 0.3) is 0 Å². The second kappa shape index (κ2) is 4.46. The van der Waals surface area contributed by atoms with Gasteiger partial charge in [0, 0.05) is 7.57 Å². The van der Waals surface area contributed by atoms with E-state index in [1.165, 1.54) is 0 Å². The van der Waals surface area contributed by atoms with Crippen molar-refractivity contribution in [2.75, 3.05) is 0 Å². The minimum absolute atomic E-state index is 0.469. The zero-order valence-electron chi connectivity index (χ0n) is 8.47. The van der Waals surface area contributed by atoms with Crippen LogP contribution in [-0.2, 0) is 0 Å². The van der Waals surface area contributed by atoms with Crippen LogP contribution in [0.2, 0.25) is 5.15 Å². The largest absolute Gasteiger partial charge is 0.245 e. The van der Waals surface area contributed by atoms with Gasteiger partial charge in [0.25, 0.3) is 0 Å². The zero-order chi connectivity index (χ0) is 9.90. The van der Waals surface area contributed by atoms with Gasteiger partial charge in [-0.3, -0.25) is 0 Å². The maximum atomic E-state index is 8.17. The molecule has 1 nitrogen and oxygen atoms in total. The minimum Gasteiger partial charge on any atom is -0.245 e. The van der Waals surface area contributed by atoms with Crippen molar-refractivity contribution in [1.82, 2.24) is 4.98 Å². The fraction of sp³-hybridized carbons (Fsp3) is 0.500. The fourth-order valence-corrected chi connectivity index (χ4v) is 1.45. The molecule has 1 aromatic heterocycles. The van der Waals surface area contributed by atoms with Crippen molar-refractivity contribution in [3.8, 4) is 0 Å². The van der Waals surface area contributed by atoms with Gasteiger partial charge in [-0.25, -0.2) is 4.98 Å². The third kappa shape index (κ3) is 2.21. The Morgan fingerprint density at radius 1 is 1.58 bits per heavy atom. The van der Waals surface area contributed by atoms with Crippen LogP contribution < -0.4 is 0 Å². The zero-order valence-corrected chi connectivity index (χ0v) is 8.23. The average molecular weight is 185 g/mol. The molecule has 0 saturated heterocycles. The molecule has 0 aliphatic heterocycles. The molecule has 66 valence electrons. The van der Waals surface area contributed by atoms with Gasteiger partial charge in [-0.2, -0.15) is 0 Å². The maximum absolute atomic E-state index is 8.17. The quantitative estimate of drug-likeness (QED) is 0.654. The van der Waals surface area contributed by atoms with Crippen molar-refractivity contribution in [1.29, 1.82) is 0 Å². The number of rotatable bonds is 3. The predicted molar refractivity (Wildman–Crippen MR) is 52.6 cm³/mol. The first-order chi connectivity index (χ1) is 6.12. The Hall–Kier alpha value is -0.560. The Morgan fingerprint density at radius 3 is 2.75 bits per heavy atom. The van der Waals surface area contributed by atoms with E-state index in [4.69, 9.17) is 13.0 Å². The summed E-state index contributed by atoms with van der Waals surface area (Å²) < 4.78 is 8.17. The number of hydrogen-bond acceptors (Lipinski definition) is 1. The van der Waals surface area contributed by atoms with Gasteiger partial charge in [0.05, 0.1) is 0 Å². The summed E-state index contributed by atoms with van der Waals surface area (Å²) in [4.78, 5) is 3.90. The van der Waals surface area contributed by atoms with Gasteiger partial charge in [0.1, 0.15) is 5.15 Å². The molecule has 0 fully saturated rings. The van der Waals surface area contributed by atoms with Gasteiger partial charge < -0.3 is 0 Å². The van der Waals surface area contributed by atoms with Crippen molar-refractivity contribution in [3.05, 3.63) is 29.0 Å². The van der Waals surface area contributed by atoms with Crippen LogP contribution in [0.1, 0.15) is 39.5 Å². The number of aromatic nitrogens is 1. The van der Waals surface area contributed by atoms with Crippen LogP contribution in [0.15, 0.2) is 18.3 Å². The minimum atomic E-state index is -0.507. The number of pyridine rings is 1. The van der Waals surface area contributed by atoms with Crippen LogP contribution in [0.4, 0.5) is 0 Å². The highest BCUT2D eigenvalue weighted by Crippen LogP contribution is 2.23. The number of hydrogen-bond donors (Lipinski definition) is 0. The molecule has 0 radical (unpaired) electrons. The summed E-state index contributed by atoms with van der Waals surface area (Å²) in [6.45, 7) is 4.04. The van der Waals surface area contributed by atoms with Gasteiger partial charge in [-0.05, 0) is 36.4 Å². The SMILES string of the molecule is [2H]C(CC)(CC)c1ccnc(Cl)c1. The monoisotopic (exact) mass is 184 g/mol. The summed E-state index contributed by atoms with van der Waals surface area (Å²) >= 11 is 5.77. The molecule has 1 heterocycles. The molecular formula is C10H14ClN. The van der Waals surface area contributed by atoms with E-state index in [2.05, 4.69) is 4.98 Å². The molecule has 1 rings (SSSR count). The Bertz CT molecular complexity index is 284. The first kappa shape index (κ1) is 8.06. The standard InChI is InChI=1S/C10H14ClN/c1-3-8(4-2)9-5-6-12-10(11)7-9/h5-8H,3-4H2,1-2H3/i8D. The second-order valence-electron chi connectivity index (χ2n) is 2.68. The van der Waals surface area contributed by atoms with Gasteiger partial charge in [-0.15, -0.1) is 0 Å². The molecule has 2 heteroatoms. The molecular weight excluding hydrogens is 170 g/mol. The van der Waals surface area contributed by atoms with E-state index < -0.39 is 5.89 Å². The lowest BCUT2D eigenvalue weighted by atomic mass is 9.95. The van der Waals surface area contributed by atoms with E-state index in [1.54, 1.807) is 12.3 Å². The Balaban J connectivity index is 3.05. The van der Waals surface area contributed by atoms with E-state index in [9.17, 15) is 0 Å². The highest BCUT2D eigenvalue weighted by molar-refractivity contribution is 6.29. The summed E-state index contributed by atoms with van der Waals surface area (Å²) in [6, 6.07) is 3.65. The molecule has 0 N–H and O–H groups in total. The van der Waals surface area contributed by atoms with Crippen molar-refractivity contribution in [2.45, 2.75) is 32.6 Å². The molecule has 0 aliphatic carbocycles. The molecule has 0 atom stereocenters. The molecule has 0 unspecified atom stereocenters. The van der Waals surface area contributed by atoms with Crippen LogP contribution in [0.3, 0.4) is 0 Å². The Kier molecular flexibility index (Phi) is 3.00. The van der Waals surface area contributed by atoms with Gasteiger partial charge in [-0.1, -0.05) is 25.4 Å². The number of halogens is 1. The van der Waals surface area contributed by atoms with Crippen LogP contribution in [0, 0.1) is 0 Å². The Labute approximate surface area is 80.2 Å². The third-order valence-corrected chi connectivity index (χ3v) is 2.20. The summed E-state index contributed by atoms with van der Waals surface area (Å²) in [5, 5.41) is 0.469. The smallest absolute Gasteiger partial charge is 0.129 e. The predicted octanol–water partition coefficient (Wildman–Crippen LogP) is 3.64. The highest BCUT2D eigenvalue weighted by Gasteiger charge is 2.06. The van der Waals surface area contributed by atoms with Gasteiger partial charge in [0.2, 0.25) is 0 Å². The molecule has 0 bridgehead atoms. The summed E-state index contributed by atoms with van der Waals surface area (Å²) in [5.41, 5.74) is 0.956. The van der Waals surface area contributed by atoms with E-state index in [0.717, 1.165) is 18.4 Å². The lowest BCUT2D eigenvalue weighted by Gasteiger charge is -2.11. The molecule has 12 heavy (non-hydrogen) atoms. The molecule has 0 aromatic carbocycles. The molecule has 0 spiro atoms. The normalized spacial score (nSPS) is 12.8. The molecule has 0 saturated carbocycles. The lowest BCUT2D eigenvalue weighted by molar-refractivity contribution is 0.641. The summed E-state index contributed by atoms with van der Waals surface area (Å²) in [7, 11) is 0. The summed E-state index contributed by atoms with van der Waals surface area (Å²) in [6.07, 6.45) is 3.25. The van der Waals surface area contributed by atoms with E-state index in [0.29, 0.717) is 5.15 Å². The second-order valence-corrected chi connectivity index (χ2v) is 3.07. The van der Waals surface area contributed by atoms with Crippen molar-refractivity contribution in [2.24, 2.45) is 0 Å². The first-order valence-corrected chi connectivity index (χ1v) is 4.62. The highest BCUT2D eigenvalue weighted by atomic mass is 35.5. The van der Waals surface area contributed by atoms with E-state index >= 15 is 0 Å². The number of nitrogens with zero attached hydrogens (tertiary/aromatic N) is 1. The maximum Gasteiger partial charge on any atom is 0.129 e. The van der Waals surface area contributed by atoms with Crippen molar-refractivity contribution < 1.29 is 1.37 Å². The molecule has 0 amide bonds. The van der Waals surface area contributed by atoms with Gasteiger partial charge in [0.15, 0.2) is 0 Å². The van der Waals surface area contributed by atoms with Crippen LogP contribution in [0.5, 0.6) is 0 Å². The van der Waals surface area contributed by atoms with Crippen molar-refractivity contribution in [3.63, 3.8) is 0 Å². The van der Waals surface area contributed by atoms with Gasteiger partial charge >= 0.3 is 0 Å². The summed E-state index contributed by atoms with van der Waals surface area (Å²) in [5.74, 6) is -0.507. The first-order valence-electron chi connectivity index (χ1n) is 4.74. The molecule has 1 aromatic rings. The van der Waals surface area contributed by atoms with E-state index in [-0.39, 0.29) is 0 Å². The fourth-order valence-electron chi connectivity index (χ4n) is 1.28. The lowest BCUT2D eigenvalue weighted by Crippen LogP contribution is -1.95. The van der Waals surface area contributed by atoms with Crippen molar-refractivity contribution >= 4 is 11.6 Å². The third-order valence-electron chi connectivity index (χ3n) is 1.99. The average Bonchev–Trinajstić information content (AvgIpc) is 2.17. The topological polar surface area (TPSA) is 12.9 Å².